The summed E-state index contributed by atoms with van der Waals surface area (Å²) < 4.78 is 1.83. The molecule has 25 heavy (non-hydrogen) atoms. The number of hydrogen-bond acceptors (Lipinski definition) is 6. The number of carbonyl (C=O) groups excluding carboxylic acids is 1. The van der Waals surface area contributed by atoms with Crippen LogP contribution >= 0.6 is 11.8 Å². The van der Waals surface area contributed by atoms with Crippen molar-refractivity contribution in [3.05, 3.63) is 54.4 Å². The Kier molecular flexibility index (Phi) is 5.06. The highest BCUT2D eigenvalue weighted by Gasteiger charge is 2.13. The highest BCUT2D eigenvalue weighted by molar-refractivity contribution is 7.99. The molecule has 0 radical (unpaired) electrons. The van der Waals surface area contributed by atoms with E-state index in [2.05, 4.69) is 20.5 Å². The lowest BCUT2D eigenvalue weighted by Gasteiger charge is -2.05. The number of nitriles is 1. The highest BCUT2D eigenvalue weighted by Crippen LogP contribution is 2.22. The zero-order chi connectivity index (χ0) is 17.6. The number of hydrogen-bond donors (Lipinski definition) is 1. The normalized spacial score (nSPS) is 10.2. The van der Waals surface area contributed by atoms with Gasteiger partial charge in [-0.3, -0.25) is 9.78 Å². The number of anilines is 1. The van der Waals surface area contributed by atoms with Gasteiger partial charge in [0.2, 0.25) is 5.91 Å². The quantitative estimate of drug-likeness (QED) is 0.710. The molecule has 124 valence electrons. The zero-order valence-corrected chi connectivity index (χ0v) is 14.2. The SMILES string of the molecule is Cn1c(SCC(=O)Nc2ccc(C#N)cc2)nnc1-c1cccnc1. The molecule has 2 aromatic heterocycles. The molecule has 7 nitrogen and oxygen atoms in total. The van der Waals surface area contributed by atoms with Gasteiger partial charge in [-0.25, -0.2) is 0 Å². The Morgan fingerprint density at radius 2 is 2.08 bits per heavy atom. The number of carbonyl (C=O) groups is 1. The summed E-state index contributed by atoms with van der Waals surface area (Å²) in [5.41, 5.74) is 2.07. The Morgan fingerprint density at radius 3 is 2.76 bits per heavy atom. The Morgan fingerprint density at radius 1 is 1.28 bits per heavy atom. The van der Waals surface area contributed by atoms with Crippen LogP contribution in [0, 0.1) is 11.3 Å². The summed E-state index contributed by atoms with van der Waals surface area (Å²) in [5, 5.41) is 20.5. The number of nitrogens with zero attached hydrogens (tertiary/aromatic N) is 5. The van der Waals surface area contributed by atoms with E-state index >= 15 is 0 Å². The third kappa shape index (κ3) is 4.02. The Balaban J connectivity index is 1.61. The van der Waals surface area contributed by atoms with Crippen molar-refractivity contribution in [1.29, 1.82) is 5.26 Å². The number of thioether (sulfide) groups is 1. The van der Waals surface area contributed by atoms with Gasteiger partial charge >= 0.3 is 0 Å². The lowest BCUT2D eigenvalue weighted by molar-refractivity contribution is -0.113. The van der Waals surface area contributed by atoms with Crippen molar-refractivity contribution < 1.29 is 4.79 Å². The second-order valence-corrected chi connectivity index (χ2v) is 6.08. The lowest BCUT2D eigenvalue weighted by Crippen LogP contribution is -2.14. The summed E-state index contributed by atoms with van der Waals surface area (Å²) in [6.07, 6.45) is 3.42. The van der Waals surface area contributed by atoms with Crippen molar-refractivity contribution in [2.45, 2.75) is 5.16 Å². The van der Waals surface area contributed by atoms with Crippen molar-refractivity contribution in [1.82, 2.24) is 19.7 Å². The van der Waals surface area contributed by atoms with Crippen LogP contribution in [0.25, 0.3) is 11.4 Å². The highest BCUT2D eigenvalue weighted by atomic mass is 32.2. The monoisotopic (exact) mass is 350 g/mol. The summed E-state index contributed by atoms with van der Waals surface area (Å²) in [5.74, 6) is 0.752. The molecular weight excluding hydrogens is 336 g/mol. The first-order valence-corrected chi connectivity index (χ1v) is 8.38. The van der Waals surface area contributed by atoms with Gasteiger partial charge in [0, 0.05) is 30.7 Å². The molecule has 3 rings (SSSR count). The van der Waals surface area contributed by atoms with Crippen LogP contribution < -0.4 is 5.32 Å². The third-order valence-electron chi connectivity index (χ3n) is 3.38. The van der Waals surface area contributed by atoms with Crippen molar-refractivity contribution in [2.75, 3.05) is 11.1 Å². The minimum atomic E-state index is -0.152. The molecule has 0 fully saturated rings. The van der Waals surface area contributed by atoms with E-state index in [0.29, 0.717) is 22.2 Å². The average Bonchev–Trinajstić information content (AvgIpc) is 3.02. The number of pyridine rings is 1. The molecule has 0 aliphatic carbocycles. The Hall–Kier alpha value is -3.18. The molecule has 0 bridgehead atoms. The van der Waals surface area contributed by atoms with Crippen LogP contribution in [0.15, 0.2) is 53.9 Å². The maximum Gasteiger partial charge on any atom is 0.234 e. The minimum absolute atomic E-state index is 0.152. The lowest BCUT2D eigenvalue weighted by atomic mass is 10.2. The average molecular weight is 350 g/mol. The molecule has 0 aliphatic heterocycles. The predicted octanol–water partition coefficient (Wildman–Crippen LogP) is 2.48. The van der Waals surface area contributed by atoms with Crippen LogP contribution in [0.2, 0.25) is 0 Å². The van der Waals surface area contributed by atoms with Crippen LogP contribution in [0.3, 0.4) is 0 Å². The fraction of sp³-hybridized carbons (Fsp3) is 0.118. The number of amides is 1. The molecular formula is C17H14N6OS. The molecule has 0 saturated carbocycles. The Bertz CT molecular complexity index is 915. The van der Waals surface area contributed by atoms with Crippen LogP contribution in [-0.4, -0.2) is 31.4 Å². The third-order valence-corrected chi connectivity index (χ3v) is 4.40. The maximum absolute atomic E-state index is 12.1. The van der Waals surface area contributed by atoms with E-state index in [4.69, 9.17) is 5.26 Å². The molecule has 0 unspecified atom stereocenters. The fourth-order valence-corrected chi connectivity index (χ4v) is 2.85. The number of benzene rings is 1. The van der Waals surface area contributed by atoms with Gasteiger partial charge in [0.05, 0.1) is 17.4 Å². The summed E-state index contributed by atoms with van der Waals surface area (Å²) in [6, 6.07) is 12.5. The summed E-state index contributed by atoms with van der Waals surface area (Å²) in [4.78, 5) is 16.1. The topological polar surface area (TPSA) is 96.5 Å². The molecule has 0 saturated heterocycles. The molecule has 1 amide bonds. The number of rotatable bonds is 5. The van der Waals surface area contributed by atoms with Gasteiger partial charge in [0.1, 0.15) is 0 Å². The van der Waals surface area contributed by atoms with Gasteiger partial charge in [-0.05, 0) is 36.4 Å². The first-order valence-electron chi connectivity index (χ1n) is 7.40. The summed E-state index contributed by atoms with van der Waals surface area (Å²) in [7, 11) is 1.85. The summed E-state index contributed by atoms with van der Waals surface area (Å²) >= 11 is 1.30. The van der Waals surface area contributed by atoms with E-state index < -0.39 is 0 Å². The van der Waals surface area contributed by atoms with Crippen LogP contribution in [0.4, 0.5) is 5.69 Å². The number of nitrogens with one attached hydrogen (secondary N) is 1. The second kappa shape index (κ2) is 7.59. The molecule has 0 atom stereocenters. The van der Waals surface area contributed by atoms with E-state index in [9.17, 15) is 4.79 Å². The Labute approximate surface area is 148 Å². The summed E-state index contributed by atoms with van der Waals surface area (Å²) in [6.45, 7) is 0. The van der Waals surface area contributed by atoms with E-state index in [1.54, 1.807) is 36.7 Å². The molecule has 0 aliphatic rings. The van der Waals surface area contributed by atoms with E-state index in [1.165, 1.54) is 11.8 Å². The van der Waals surface area contributed by atoms with Gasteiger partial charge in [-0.2, -0.15) is 5.26 Å². The zero-order valence-electron chi connectivity index (χ0n) is 13.4. The maximum atomic E-state index is 12.1. The van der Waals surface area contributed by atoms with Gasteiger partial charge in [0.25, 0.3) is 0 Å². The first-order chi connectivity index (χ1) is 12.2. The van der Waals surface area contributed by atoms with Gasteiger partial charge in [-0.15, -0.1) is 10.2 Å². The van der Waals surface area contributed by atoms with E-state index in [0.717, 1.165) is 5.56 Å². The molecule has 3 aromatic rings. The molecule has 2 heterocycles. The standard InChI is InChI=1S/C17H14N6OS/c1-23-16(13-3-2-8-19-10-13)21-22-17(23)25-11-15(24)20-14-6-4-12(9-18)5-7-14/h2-8,10H,11H2,1H3,(H,20,24). The van der Waals surface area contributed by atoms with Crippen molar-refractivity contribution in [3.63, 3.8) is 0 Å². The van der Waals surface area contributed by atoms with E-state index in [-0.39, 0.29) is 11.7 Å². The van der Waals surface area contributed by atoms with Crippen molar-refractivity contribution in [2.24, 2.45) is 7.05 Å². The van der Waals surface area contributed by atoms with Gasteiger partial charge in [-0.1, -0.05) is 11.8 Å². The second-order valence-electron chi connectivity index (χ2n) is 5.13. The number of aromatic nitrogens is 4. The molecule has 0 spiro atoms. The largest absolute Gasteiger partial charge is 0.325 e. The molecule has 1 aromatic carbocycles. The van der Waals surface area contributed by atoms with Crippen LogP contribution in [0.5, 0.6) is 0 Å². The minimum Gasteiger partial charge on any atom is -0.325 e. The van der Waals surface area contributed by atoms with E-state index in [1.807, 2.05) is 29.8 Å². The smallest absolute Gasteiger partial charge is 0.234 e. The van der Waals surface area contributed by atoms with Crippen molar-refractivity contribution >= 4 is 23.4 Å². The van der Waals surface area contributed by atoms with Gasteiger partial charge < -0.3 is 9.88 Å². The van der Waals surface area contributed by atoms with Gasteiger partial charge in [0.15, 0.2) is 11.0 Å². The first kappa shape index (κ1) is 16.7. The predicted molar refractivity (Wildman–Crippen MR) is 94.7 cm³/mol. The van der Waals surface area contributed by atoms with Crippen molar-refractivity contribution in [3.8, 4) is 17.5 Å². The van der Waals surface area contributed by atoms with Crippen LogP contribution in [-0.2, 0) is 11.8 Å². The molecule has 8 heteroatoms. The van der Waals surface area contributed by atoms with Crippen LogP contribution in [0.1, 0.15) is 5.56 Å². The fourth-order valence-electron chi connectivity index (χ4n) is 2.14. The molecule has 1 N–H and O–H groups in total.